The molecule has 0 bridgehead atoms. The zero-order chi connectivity index (χ0) is 29.9. The van der Waals surface area contributed by atoms with Gasteiger partial charge in [0.2, 0.25) is 0 Å². The molecule has 0 heterocycles. The summed E-state index contributed by atoms with van der Waals surface area (Å²) in [5.41, 5.74) is 5.83. The predicted octanol–water partition coefficient (Wildman–Crippen LogP) is 7.15. The molecule has 0 radical (unpaired) electrons. The number of nitrogens with zero attached hydrogens (tertiary/aromatic N) is 1. The summed E-state index contributed by atoms with van der Waals surface area (Å²) in [7, 11) is 0. The number of para-hydroxylation sites is 1. The molecule has 6 nitrogen and oxygen atoms in total. The number of hydrogen-bond donors (Lipinski definition) is 2. The van der Waals surface area contributed by atoms with Crippen molar-refractivity contribution < 1.29 is 24.5 Å². The fourth-order valence-electron chi connectivity index (χ4n) is 5.50. The number of fused-ring (bicyclic) bond motifs is 1. The molecule has 0 amide bonds. The van der Waals surface area contributed by atoms with Crippen LogP contribution in [0.5, 0.6) is 5.75 Å². The van der Waals surface area contributed by atoms with Crippen LogP contribution in [0.3, 0.4) is 0 Å². The van der Waals surface area contributed by atoms with Crippen LogP contribution in [0, 0.1) is 17.8 Å². The van der Waals surface area contributed by atoms with Crippen molar-refractivity contribution in [3.05, 3.63) is 100 Å². The van der Waals surface area contributed by atoms with Crippen LogP contribution in [-0.4, -0.2) is 40.1 Å². The second-order valence-electron chi connectivity index (χ2n) is 11.3. The van der Waals surface area contributed by atoms with Crippen molar-refractivity contribution in [2.75, 3.05) is 13.1 Å². The molecule has 1 atom stereocenters. The van der Waals surface area contributed by atoms with Crippen LogP contribution in [0.25, 0.3) is 0 Å². The molecule has 0 aliphatic heterocycles. The Kier molecular flexibility index (Phi) is 11.2. The van der Waals surface area contributed by atoms with Gasteiger partial charge in [-0.1, -0.05) is 62.1 Å². The number of ether oxygens (including phenoxy) is 1. The van der Waals surface area contributed by atoms with Gasteiger partial charge in [0.1, 0.15) is 12.4 Å². The summed E-state index contributed by atoms with van der Waals surface area (Å²) < 4.78 is 6.28. The smallest absolute Gasteiger partial charge is 0.335 e. The lowest BCUT2D eigenvalue weighted by atomic mass is 9.85. The van der Waals surface area contributed by atoms with E-state index in [0.717, 1.165) is 73.2 Å². The molecule has 2 N–H and O–H groups in total. The van der Waals surface area contributed by atoms with Crippen LogP contribution in [0.2, 0.25) is 0 Å². The molecule has 1 aliphatic carbocycles. The molecule has 3 aromatic carbocycles. The van der Waals surface area contributed by atoms with Gasteiger partial charge in [0.15, 0.2) is 0 Å². The van der Waals surface area contributed by atoms with Crippen LogP contribution in [0.1, 0.15) is 90.2 Å². The molecule has 1 aliphatic rings. The van der Waals surface area contributed by atoms with Crippen LogP contribution >= 0.6 is 0 Å². The molecule has 0 spiro atoms. The van der Waals surface area contributed by atoms with Crippen molar-refractivity contribution in [3.8, 4) is 17.6 Å². The molecular formula is C36H41NO5. The van der Waals surface area contributed by atoms with Gasteiger partial charge in [-0.2, -0.15) is 0 Å². The first-order valence-electron chi connectivity index (χ1n) is 14.9. The Morgan fingerprint density at radius 2 is 1.79 bits per heavy atom. The number of benzene rings is 3. The first-order chi connectivity index (χ1) is 20.3. The number of aliphatic carboxylic acids is 1. The summed E-state index contributed by atoms with van der Waals surface area (Å²) in [6.07, 6.45) is 5.24. The van der Waals surface area contributed by atoms with Gasteiger partial charge < -0.3 is 14.9 Å². The molecule has 0 fully saturated rings. The van der Waals surface area contributed by atoms with Crippen LogP contribution in [-0.2, 0) is 24.2 Å². The van der Waals surface area contributed by atoms with E-state index in [-0.39, 0.29) is 12.5 Å². The third kappa shape index (κ3) is 8.96. The summed E-state index contributed by atoms with van der Waals surface area (Å²) in [5.74, 6) is 5.91. The van der Waals surface area contributed by atoms with Gasteiger partial charge in [0.25, 0.3) is 0 Å². The Balaban J connectivity index is 1.46. The van der Waals surface area contributed by atoms with Gasteiger partial charge in [-0.3, -0.25) is 9.69 Å². The maximum absolute atomic E-state index is 11.6. The highest BCUT2D eigenvalue weighted by Gasteiger charge is 2.26. The zero-order valence-electron chi connectivity index (χ0n) is 24.6. The van der Waals surface area contributed by atoms with E-state index in [0.29, 0.717) is 24.5 Å². The number of aryl methyl sites for hydroxylation is 1. The number of rotatable bonds is 13. The molecule has 0 saturated heterocycles. The number of hydrogen-bond acceptors (Lipinski definition) is 4. The van der Waals surface area contributed by atoms with Crippen LogP contribution in [0.4, 0.5) is 0 Å². The fraction of sp³-hybridized carbons (Fsp3) is 0.389. The van der Waals surface area contributed by atoms with Gasteiger partial charge in [-0.05, 0) is 97.7 Å². The molecule has 42 heavy (non-hydrogen) atoms. The van der Waals surface area contributed by atoms with Gasteiger partial charge in [0.05, 0.1) is 5.56 Å². The van der Waals surface area contributed by atoms with Crippen molar-refractivity contribution in [1.29, 1.82) is 0 Å². The summed E-state index contributed by atoms with van der Waals surface area (Å²) in [6, 6.07) is 22.0. The Morgan fingerprint density at radius 3 is 2.52 bits per heavy atom. The van der Waals surface area contributed by atoms with Crippen molar-refractivity contribution in [1.82, 2.24) is 4.90 Å². The van der Waals surface area contributed by atoms with Crippen LogP contribution in [0.15, 0.2) is 66.7 Å². The topological polar surface area (TPSA) is 87.1 Å². The molecule has 0 saturated carbocycles. The zero-order valence-corrected chi connectivity index (χ0v) is 24.6. The van der Waals surface area contributed by atoms with E-state index in [2.05, 4.69) is 48.8 Å². The summed E-state index contributed by atoms with van der Waals surface area (Å²) in [6.45, 7) is 6.21. The summed E-state index contributed by atoms with van der Waals surface area (Å²) >= 11 is 0. The van der Waals surface area contributed by atoms with Gasteiger partial charge in [-0.15, -0.1) is 0 Å². The Morgan fingerprint density at radius 1 is 1.00 bits per heavy atom. The van der Waals surface area contributed by atoms with E-state index < -0.39 is 11.9 Å². The number of unbranched alkanes of at least 4 members (excludes halogenated alkanes) is 1. The second-order valence-corrected chi connectivity index (χ2v) is 11.3. The maximum Gasteiger partial charge on any atom is 0.335 e. The number of carboxylic acid groups (broad SMARTS) is 2. The third-order valence-corrected chi connectivity index (χ3v) is 7.69. The number of aromatic carboxylic acids is 1. The lowest BCUT2D eigenvalue weighted by Gasteiger charge is -2.36. The van der Waals surface area contributed by atoms with Crippen LogP contribution < -0.4 is 4.74 Å². The van der Waals surface area contributed by atoms with E-state index in [9.17, 15) is 14.7 Å². The molecule has 220 valence electrons. The summed E-state index contributed by atoms with van der Waals surface area (Å²) in [4.78, 5) is 25.1. The molecular weight excluding hydrogens is 526 g/mol. The lowest BCUT2D eigenvalue weighted by Crippen LogP contribution is -2.34. The minimum absolute atomic E-state index is 0.166. The maximum atomic E-state index is 11.6. The van der Waals surface area contributed by atoms with Gasteiger partial charge in [0, 0.05) is 30.5 Å². The van der Waals surface area contributed by atoms with E-state index in [1.807, 2.05) is 42.5 Å². The highest BCUT2D eigenvalue weighted by atomic mass is 16.5. The third-order valence-electron chi connectivity index (χ3n) is 7.69. The largest absolute Gasteiger partial charge is 0.489 e. The first-order valence-corrected chi connectivity index (χ1v) is 14.9. The van der Waals surface area contributed by atoms with E-state index in [4.69, 9.17) is 9.84 Å². The normalized spacial score (nSPS) is 14.2. The number of carboxylic acids is 2. The monoisotopic (exact) mass is 567 g/mol. The van der Waals surface area contributed by atoms with Crippen molar-refractivity contribution in [2.45, 2.75) is 71.4 Å². The molecule has 4 rings (SSSR count). The Labute approximate surface area is 249 Å². The fourth-order valence-corrected chi connectivity index (χ4v) is 5.50. The van der Waals surface area contributed by atoms with Crippen molar-refractivity contribution >= 4 is 11.9 Å². The molecule has 1 unspecified atom stereocenters. The molecule has 3 aromatic rings. The summed E-state index contributed by atoms with van der Waals surface area (Å²) in [5, 5.41) is 18.6. The lowest BCUT2D eigenvalue weighted by molar-refractivity contribution is -0.137. The highest BCUT2D eigenvalue weighted by molar-refractivity contribution is 5.88. The Hall–Kier alpha value is -4.08. The second kappa shape index (κ2) is 15.2. The standard InChI is InChI=1S/C36H41NO5/c1-26(2)13-14-27-15-17-28(18-16-27)25-42-34-11-4-3-8-29(34)21-23-37(22-6-5-12-35(38)39)33-10-7-9-30-24-31(36(40)41)19-20-32(30)33/h3-4,8,11,15-20,24,26,33H,5-7,9-10,12,21-23,25H2,1-2H3,(H,38,39)(H,40,41). The Bertz CT molecular complexity index is 1420. The minimum atomic E-state index is -0.905. The van der Waals surface area contributed by atoms with Crippen molar-refractivity contribution in [3.63, 3.8) is 0 Å². The predicted molar refractivity (Wildman–Crippen MR) is 165 cm³/mol. The average Bonchev–Trinajstić information content (AvgIpc) is 2.99. The van der Waals surface area contributed by atoms with Gasteiger partial charge in [-0.25, -0.2) is 4.79 Å². The quantitative estimate of drug-likeness (QED) is 0.169. The van der Waals surface area contributed by atoms with E-state index >= 15 is 0 Å². The highest BCUT2D eigenvalue weighted by Crippen LogP contribution is 2.35. The first kappa shape index (κ1) is 30.9. The number of carbonyl (C=O) groups is 2. The minimum Gasteiger partial charge on any atom is -0.489 e. The average molecular weight is 568 g/mol. The van der Waals surface area contributed by atoms with E-state index in [1.165, 1.54) is 5.56 Å². The molecule has 6 heteroatoms. The van der Waals surface area contributed by atoms with E-state index in [1.54, 1.807) is 6.07 Å². The molecule has 0 aromatic heterocycles. The SMILES string of the molecule is CC(C)C#Cc1ccc(COc2ccccc2CCN(CCCCC(=O)O)C2CCCc3cc(C(=O)O)ccc32)cc1. The van der Waals surface area contributed by atoms with Gasteiger partial charge >= 0.3 is 11.9 Å². The van der Waals surface area contributed by atoms with Crippen molar-refractivity contribution in [2.24, 2.45) is 5.92 Å².